The number of nitrogens with one attached hydrogen (secondary N) is 1. The predicted molar refractivity (Wildman–Crippen MR) is 139 cm³/mol. The summed E-state index contributed by atoms with van der Waals surface area (Å²) in [7, 11) is 6.45. The molecule has 4 unspecified atom stereocenters. The molecule has 3 aromatic carbocycles. The van der Waals surface area contributed by atoms with Gasteiger partial charge < -0.3 is 19.6 Å². The van der Waals surface area contributed by atoms with Crippen molar-refractivity contribution >= 4 is 5.91 Å². The molecule has 1 saturated heterocycles. The molecule has 2 N–H and O–H groups in total. The van der Waals surface area contributed by atoms with E-state index in [1.54, 1.807) is 24.3 Å². The average Bonchev–Trinajstić information content (AvgIpc) is 2.85. The molecule has 1 amide bonds. The molecule has 0 radical (unpaired) electrons. The van der Waals surface area contributed by atoms with Gasteiger partial charge in [-0.15, -0.1) is 0 Å². The Hall–Kier alpha value is -3.29. The van der Waals surface area contributed by atoms with Gasteiger partial charge in [0.1, 0.15) is 17.4 Å². The van der Waals surface area contributed by atoms with Gasteiger partial charge in [-0.1, -0.05) is 36.4 Å². The van der Waals surface area contributed by atoms with Crippen LogP contribution in [0.1, 0.15) is 47.6 Å². The maximum Gasteiger partial charge on any atom is 0.226 e. The average molecular weight is 510 g/mol. The van der Waals surface area contributed by atoms with E-state index in [1.807, 2.05) is 24.3 Å². The van der Waals surface area contributed by atoms with Gasteiger partial charge in [-0.3, -0.25) is 4.79 Å². The van der Waals surface area contributed by atoms with Gasteiger partial charge >= 0.3 is 0 Å². The fourth-order valence-electron chi connectivity index (χ4n) is 4.86. The Kier molecular flexibility index (Phi) is 8.25. The minimum absolute atomic E-state index is 0.119. The van der Waals surface area contributed by atoms with E-state index in [0.29, 0.717) is 12.2 Å². The minimum atomic E-state index is -0.910. The van der Waals surface area contributed by atoms with Crippen LogP contribution in [0, 0.1) is 17.6 Å². The fourth-order valence-corrected chi connectivity index (χ4v) is 4.86. The smallest absolute Gasteiger partial charge is 0.226 e. The van der Waals surface area contributed by atoms with Crippen molar-refractivity contribution in [3.8, 4) is 5.75 Å². The largest absolute Gasteiger partial charge is 0.493 e. The Labute approximate surface area is 217 Å². The van der Waals surface area contributed by atoms with Crippen LogP contribution in [0.3, 0.4) is 0 Å². The number of aliphatic hydroxyl groups is 1. The van der Waals surface area contributed by atoms with Crippen LogP contribution in [0.4, 0.5) is 8.78 Å². The summed E-state index contributed by atoms with van der Waals surface area (Å²) >= 11 is 0. The van der Waals surface area contributed by atoms with Crippen molar-refractivity contribution in [3.63, 3.8) is 0 Å². The summed E-state index contributed by atoms with van der Waals surface area (Å²) < 4.78 is 33.8. The number of hydrogen-bond donors (Lipinski definition) is 2. The van der Waals surface area contributed by atoms with Crippen molar-refractivity contribution in [3.05, 3.63) is 101 Å². The summed E-state index contributed by atoms with van der Waals surface area (Å²) in [4.78, 5) is 12.8. The highest BCUT2D eigenvalue weighted by molar-refractivity contribution is 5.87. The third kappa shape index (κ3) is 6.93. The SMILES string of the molecule is C[N+](C)(C)CCCOc1ccc(C2NC(=O)C2C(CC(O)c2ccc(F)cc2)c2ccc(F)cc2)cc1. The molecule has 5 nitrogen and oxygen atoms in total. The molecule has 3 aromatic rings. The van der Waals surface area contributed by atoms with E-state index >= 15 is 0 Å². The number of benzene rings is 3. The lowest BCUT2D eigenvalue weighted by atomic mass is 9.71. The van der Waals surface area contributed by atoms with E-state index in [1.165, 1.54) is 24.3 Å². The van der Waals surface area contributed by atoms with Crippen molar-refractivity contribution in [1.82, 2.24) is 5.32 Å². The number of hydrogen-bond acceptors (Lipinski definition) is 3. The number of aliphatic hydroxyl groups excluding tert-OH is 1. The van der Waals surface area contributed by atoms with Crippen LogP contribution >= 0.6 is 0 Å². The standard InChI is InChI=1S/C30H34F2N2O3/c1-34(2,3)17-4-18-37-25-15-9-22(10-16-25)29-28(30(36)33-29)26(20-5-11-23(31)12-6-20)19-27(35)21-7-13-24(32)14-8-21/h5-16,26-29,35H,4,17-19H2,1-3H3/p+1. The van der Waals surface area contributed by atoms with Gasteiger partial charge in [0.25, 0.3) is 0 Å². The Bertz CT molecular complexity index is 1180. The first kappa shape index (κ1) is 26.8. The lowest BCUT2D eigenvalue weighted by Crippen LogP contribution is -2.54. The van der Waals surface area contributed by atoms with Crippen molar-refractivity contribution in [2.24, 2.45) is 5.92 Å². The molecule has 0 saturated carbocycles. The van der Waals surface area contributed by atoms with Crippen LogP contribution in [0.2, 0.25) is 0 Å². The minimum Gasteiger partial charge on any atom is -0.493 e. The molecule has 1 aliphatic heterocycles. The van der Waals surface area contributed by atoms with Crippen LogP contribution in [-0.2, 0) is 4.79 Å². The molecule has 0 aliphatic carbocycles. The van der Waals surface area contributed by atoms with Gasteiger partial charge in [0.15, 0.2) is 0 Å². The van der Waals surface area contributed by atoms with Gasteiger partial charge in [0.2, 0.25) is 5.91 Å². The first-order chi connectivity index (χ1) is 17.6. The number of quaternary nitrogens is 1. The van der Waals surface area contributed by atoms with E-state index in [-0.39, 0.29) is 35.9 Å². The Morgan fingerprint density at radius 3 is 2.00 bits per heavy atom. The second-order valence-electron chi connectivity index (χ2n) is 10.8. The van der Waals surface area contributed by atoms with Crippen LogP contribution in [0.5, 0.6) is 5.75 Å². The number of halogens is 2. The molecule has 7 heteroatoms. The molecule has 1 aliphatic rings. The molecular formula is C30H35F2N2O3+. The maximum absolute atomic E-state index is 13.7. The topological polar surface area (TPSA) is 58.6 Å². The lowest BCUT2D eigenvalue weighted by molar-refractivity contribution is -0.870. The number of nitrogens with zero attached hydrogens (tertiary/aromatic N) is 1. The number of amides is 1. The normalized spacial score (nSPS) is 19.0. The summed E-state index contributed by atoms with van der Waals surface area (Å²) in [5.74, 6) is -0.915. The molecule has 196 valence electrons. The number of carbonyl (C=O) groups excluding carboxylic acids is 1. The van der Waals surface area contributed by atoms with E-state index in [9.17, 15) is 18.7 Å². The summed E-state index contributed by atoms with van der Waals surface area (Å²) in [6.07, 6.45) is 0.272. The zero-order chi connectivity index (χ0) is 26.6. The lowest BCUT2D eigenvalue weighted by Gasteiger charge is -2.42. The molecule has 0 aromatic heterocycles. The second-order valence-corrected chi connectivity index (χ2v) is 10.8. The summed E-state index contributed by atoms with van der Waals surface area (Å²) in [6, 6.07) is 19.2. The van der Waals surface area contributed by atoms with Gasteiger partial charge in [-0.05, 0) is 59.5 Å². The molecule has 0 spiro atoms. The first-order valence-corrected chi connectivity index (χ1v) is 12.6. The Morgan fingerprint density at radius 2 is 1.46 bits per heavy atom. The van der Waals surface area contributed by atoms with Crippen molar-refractivity contribution in [1.29, 1.82) is 0 Å². The summed E-state index contributed by atoms with van der Waals surface area (Å²) in [5.41, 5.74) is 2.27. The van der Waals surface area contributed by atoms with Crippen molar-refractivity contribution < 1.29 is 27.9 Å². The predicted octanol–water partition coefficient (Wildman–Crippen LogP) is 5.13. The van der Waals surface area contributed by atoms with Gasteiger partial charge in [-0.25, -0.2) is 8.78 Å². The summed E-state index contributed by atoms with van der Waals surface area (Å²) in [6.45, 7) is 1.65. The van der Waals surface area contributed by atoms with Crippen molar-refractivity contribution in [2.45, 2.75) is 30.9 Å². The second kappa shape index (κ2) is 11.4. The molecule has 1 fully saturated rings. The highest BCUT2D eigenvalue weighted by atomic mass is 19.1. The highest BCUT2D eigenvalue weighted by Gasteiger charge is 2.46. The maximum atomic E-state index is 13.7. The van der Waals surface area contributed by atoms with Crippen LogP contribution in [0.15, 0.2) is 72.8 Å². The molecular weight excluding hydrogens is 474 g/mol. The molecule has 1 heterocycles. The quantitative estimate of drug-likeness (QED) is 0.214. The first-order valence-electron chi connectivity index (χ1n) is 12.6. The van der Waals surface area contributed by atoms with Crippen LogP contribution < -0.4 is 10.1 Å². The van der Waals surface area contributed by atoms with Crippen LogP contribution in [0.25, 0.3) is 0 Å². The van der Waals surface area contributed by atoms with Gasteiger partial charge in [0.05, 0.1) is 52.4 Å². The van der Waals surface area contributed by atoms with Gasteiger partial charge in [0, 0.05) is 12.3 Å². The fraction of sp³-hybridized carbons (Fsp3) is 0.367. The van der Waals surface area contributed by atoms with Crippen molar-refractivity contribution in [2.75, 3.05) is 34.3 Å². The van der Waals surface area contributed by atoms with Crippen LogP contribution in [-0.4, -0.2) is 49.8 Å². The number of rotatable bonds is 11. The zero-order valence-electron chi connectivity index (χ0n) is 21.5. The third-order valence-corrected chi connectivity index (χ3v) is 6.90. The van der Waals surface area contributed by atoms with E-state index < -0.39 is 12.0 Å². The molecule has 37 heavy (non-hydrogen) atoms. The molecule has 0 bridgehead atoms. The summed E-state index contributed by atoms with van der Waals surface area (Å²) in [5, 5.41) is 13.9. The number of carbonyl (C=O) groups is 1. The number of β-lactam (4-membered cyclic amide) rings is 1. The Morgan fingerprint density at radius 1 is 0.892 bits per heavy atom. The van der Waals surface area contributed by atoms with E-state index in [4.69, 9.17) is 4.74 Å². The third-order valence-electron chi connectivity index (χ3n) is 6.90. The monoisotopic (exact) mass is 509 g/mol. The highest BCUT2D eigenvalue weighted by Crippen LogP contribution is 2.45. The molecule has 4 atom stereocenters. The Balaban J connectivity index is 1.50. The number of ether oxygens (including phenoxy) is 1. The van der Waals surface area contributed by atoms with E-state index in [0.717, 1.165) is 34.3 Å². The molecule has 4 rings (SSSR count). The van der Waals surface area contributed by atoms with E-state index in [2.05, 4.69) is 26.5 Å². The zero-order valence-corrected chi connectivity index (χ0v) is 21.5. The van der Waals surface area contributed by atoms with Gasteiger partial charge in [-0.2, -0.15) is 0 Å².